The number of nitrogens with one attached hydrogen (secondary N) is 2. The topological polar surface area (TPSA) is 112 Å². The Balaban J connectivity index is 1.45. The summed E-state index contributed by atoms with van der Waals surface area (Å²) < 4.78 is 11.6. The van der Waals surface area contributed by atoms with E-state index in [0.717, 1.165) is 17.4 Å². The first kappa shape index (κ1) is 21.4. The van der Waals surface area contributed by atoms with E-state index in [-0.39, 0.29) is 0 Å². The minimum atomic E-state index is 0.431. The van der Waals surface area contributed by atoms with Gasteiger partial charge in [0.1, 0.15) is 30.3 Å². The molecule has 0 aliphatic carbocycles. The number of hydrogen-bond acceptors (Lipinski definition) is 9. The van der Waals surface area contributed by atoms with Crippen LogP contribution in [0.25, 0.3) is 10.9 Å². The first-order valence-electron chi connectivity index (χ1n) is 10.5. The molecular formula is C22H26N8O2. The highest BCUT2D eigenvalue weighted by Gasteiger charge is 2.09. The Morgan fingerprint density at radius 1 is 1.03 bits per heavy atom. The minimum Gasteiger partial charge on any atom is -0.491 e. The van der Waals surface area contributed by atoms with Gasteiger partial charge in [-0.15, -0.1) is 5.10 Å². The molecule has 0 atom stereocenters. The Labute approximate surface area is 186 Å². The summed E-state index contributed by atoms with van der Waals surface area (Å²) in [4.78, 5) is 14.6. The zero-order chi connectivity index (χ0) is 22.3. The molecule has 2 N–H and O–H groups in total. The molecule has 0 aliphatic rings. The molecule has 10 heteroatoms. The fourth-order valence-corrected chi connectivity index (χ4v) is 2.98. The molecule has 0 spiro atoms. The molecule has 0 unspecified atom stereocenters. The van der Waals surface area contributed by atoms with Crippen molar-refractivity contribution >= 4 is 22.5 Å². The van der Waals surface area contributed by atoms with Crippen LogP contribution in [-0.2, 0) is 6.54 Å². The predicted octanol–water partition coefficient (Wildman–Crippen LogP) is 3.55. The summed E-state index contributed by atoms with van der Waals surface area (Å²) in [5, 5.41) is 15.8. The SMILES string of the molecule is CCn1ncc(Nc2ncnc3ccc(Oc4ccc(OCCNC(C)C)cn4)cc23)n1. The van der Waals surface area contributed by atoms with E-state index in [1.807, 2.05) is 31.2 Å². The molecule has 4 aromatic rings. The van der Waals surface area contributed by atoms with Crippen molar-refractivity contribution in [2.24, 2.45) is 0 Å². The molecule has 10 nitrogen and oxygen atoms in total. The first-order valence-corrected chi connectivity index (χ1v) is 10.5. The number of pyridine rings is 1. The monoisotopic (exact) mass is 434 g/mol. The average molecular weight is 435 g/mol. The van der Waals surface area contributed by atoms with Crippen LogP contribution >= 0.6 is 0 Å². The molecule has 0 radical (unpaired) electrons. The second kappa shape index (κ2) is 10.0. The summed E-state index contributed by atoms with van der Waals surface area (Å²) in [5.41, 5.74) is 0.782. The van der Waals surface area contributed by atoms with Gasteiger partial charge in [0, 0.05) is 24.0 Å². The van der Waals surface area contributed by atoms with Crippen molar-refractivity contribution in [1.29, 1.82) is 0 Å². The lowest BCUT2D eigenvalue weighted by Gasteiger charge is -2.11. The van der Waals surface area contributed by atoms with Crippen LogP contribution in [0, 0.1) is 0 Å². The number of anilines is 2. The van der Waals surface area contributed by atoms with Gasteiger partial charge in [-0.05, 0) is 31.2 Å². The number of benzene rings is 1. The van der Waals surface area contributed by atoms with Gasteiger partial charge in [-0.2, -0.15) is 9.90 Å². The van der Waals surface area contributed by atoms with Gasteiger partial charge in [0.25, 0.3) is 0 Å². The van der Waals surface area contributed by atoms with Crippen LogP contribution in [0.3, 0.4) is 0 Å². The Morgan fingerprint density at radius 3 is 2.66 bits per heavy atom. The van der Waals surface area contributed by atoms with E-state index in [1.54, 1.807) is 23.3 Å². The summed E-state index contributed by atoms with van der Waals surface area (Å²) in [5.74, 6) is 3.01. The van der Waals surface area contributed by atoms with E-state index in [9.17, 15) is 0 Å². The molecule has 1 aromatic carbocycles. The lowest BCUT2D eigenvalue weighted by atomic mass is 10.2. The van der Waals surface area contributed by atoms with Gasteiger partial charge in [0.15, 0.2) is 5.82 Å². The van der Waals surface area contributed by atoms with Gasteiger partial charge in [0.05, 0.1) is 24.5 Å². The smallest absolute Gasteiger partial charge is 0.219 e. The van der Waals surface area contributed by atoms with Crippen LogP contribution in [0.2, 0.25) is 0 Å². The molecule has 3 aromatic heterocycles. The summed E-state index contributed by atoms with van der Waals surface area (Å²) in [7, 11) is 0. The van der Waals surface area contributed by atoms with Crippen LogP contribution in [0.5, 0.6) is 17.4 Å². The van der Waals surface area contributed by atoms with Crippen molar-refractivity contribution in [2.75, 3.05) is 18.5 Å². The van der Waals surface area contributed by atoms with Gasteiger partial charge in [-0.25, -0.2) is 15.0 Å². The van der Waals surface area contributed by atoms with Crippen LogP contribution in [0.4, 0.5) is 11.6 Å². The fraction of sp³-hybridized carbons (Fsp3) is 0.318. The molecule has 0 aliphatic heterocycles. The van der Waals surface area contributed by atoms with E-state index in [1.165, 1.54) is 6.33 Å². The van der Waals surface area contributed by atoms with Crippen LogP contribution in [0.15, 0.2) is 49.1 Å². The third kappa shape index (κ3) is 5.46. The molecular weight excluding hydrogens is 408 g/mol. The van der Waals surface area contributed by atoms with Crippen molar-refractivity contribution in [3.8, 4) is 17.4 Å². The maximum absolute atomic E-state index is 5.93. The highest BCUT2D eigenvalue weighted by molar-refractivity contribution is 5.91. The number of fused-ring (bicyclic) bond motifs is 1. The lowest BCUT2D eigenvalue weighted by molar-refractivity contribution is 0.307. The number of nitrogens with zero attached hydrogens (tertiary/aromatic N) is 6. The Morgan fingerprint density at radius 2 is 1.91 bits per heavy atom. The number of ether oxygens (including phenoxy) is 2. The summed E-state index contributed by atoms with van der Waals surface area (Å²) in [6.45, 7) is 8.22. The highest BCUT2D eigenvalue weighted by Crippen LogP contribution is 2.28. The first-order chi connectivity index (χ1) is 15.6. The second-order valence-electron chi connectivity index (χ2n) is 7.34. The van der Waals surface area contributed by atoms with Crippen LogP contribution in [0.1, 0.15) is 20.8 Å². The minimum absolute atomic E-state index is 0.431. The largest absolute Gasteiger partial charge is 0.491 e. The van der Waals surface area contributed by atoms with Gasteiger partial charge < -0.3 is 20.1 Å². The number of aryl methyl sites for hydroxylation is 1. The van der Waals surface area contributed by atoms with E-state index >= 15 is 0 Å². The maximum Gasteiger partial charge on any atom is 0.219 e. The number of hydrogen-bond donors (Lipinski definition) is 2. The van der Waals surface area contributed by atoms with Crippen molar-refractivity contribution in [3.63, 3.8) is 0 Å². The summed E-state index contributed by atoms with van der Waals surface area (Å²) in [6.07, 6.45) is 4.82. The quantitative estimate of drug-likeness (QED) is 0.362. The molecule has 32 heavy (non-hydrogen) atoms. The number of aromatic nitrogens is 6. The van der Waals surface area contributed by atoms with Gasteiger partial charge in [0.2, 0.25) is 5.88 Å². The predicted molar refractivity (Wildman–Crippen MR) is 121 cm³/mol. The Bertz CT molecular complexity index is 1160. The second-order valence-corrected chi connectivity index (χ2v) is 7.34. The van der Waals surface area contributed by atoms with Crippen molar-refractivity contribution < 1.29 is 9.47 Å². The van der Waals surface area contributed by atoms with E-state index < -0.39 is 0 Å². The van der Waals surface area contributed by atoms with Gasteiger partial charge in [-0.3, -0.25) is 0 Å². The molecule has 166 valence electrons. The summed E-state index contributed by atoms with van der Waals surface area (Å²) >= 11 is 0. The molecule has 0 saturated heterocycles. The van der Waals surface area contributed by atoms with Gasteiger partial charge in [-0.1, -0.05) is 13.8 Å². The van der Waals surface area contributed by atoms with E-state index in [4.69, 9.17) is 9.47 Å². The zero-order valence-corrected chi connectivity index (χ0v) is 18.3. The fourth-order valence-electron chi connectivity index (χ4n) is 2.98. The third-order valence-electron chi connectivity index (χ3n) is 4.53. The van der Waals surface area contributed by atoms with Crippen LogP contribution in [-0.4, -0.2) is 49.1 Å². The van der Waals surface area contributed by atoms with E-state index in [2.05, 4.69) is 49.6 Å². The standard InChI is InChI=1S/C22H26N8O2/c1-4-30-27-13-20(29-30)28-22-18-11-16(5-7-19(18)25-14-26-22)32-21-8-6-17(12-24-21)31-10-9-23-15(2)3/h5-8,11-15,23H,4,9-10H2,1-3H3,(H,25,26,28,29). The summed E-state index contributed by atoms with van der Waals surface area (Å²) in [6, 6.07) is 9.63. The van der Waals surface area contributed by atoms with Crippen molar-refractivity contribution in [1.82, 2.24) is 35.3 Å². The molecule has 0 saturated carbocycles. The maximum atomic E-state index is 5.93. The Kier molecular flexibility index (Phi) is 6.71. The molecule has 4 rings (SSSR count). The number of rotatable bonds is 10. The average Bonchev–Trinajstić information content (AvgIpc) is 3.26. The third-order valence-corrected chi connectivity index (χ3v) is 4.53. The normalized spacial score (nSPS) is 11.1. The zero-order valence-electron chi connectivity index (χ0n) is 18.3. The van der Waals surface area contributed by atoms with Crippen molar-refractivity contribution in [3.05, 3.63) is 49.1 Å². The Hall–Kier alpha value is -3.79. The molecule has 0 fully saturated rings. The van der Waals surface area contributed by atoms with Gasteiger partial charge >= 0.3 is 0 Å². The van der Waals surface area contributed by atoms with Crippen molar-refractivity contribution in [2.45, 2.75) is 33.4 Å². The van der Waals surface area contributed by atoms with Crippen LogP contribution < -0.4 is 20.1 Å². The molecule has 0 amide bonds. The molecule has 3 heterocycles. The highest BCUT2D eigenvalue weighted by atomic mass is 16.5. The molecule has 0 bridgehead atoms. The van der Waals surface area contributed by atoms with E-state index in [0.29, 0.717) is 48.2 Å². The lowest BCUT2D eigenvalue weighted by Crippen LogP contribution is -2.27.